The Morgan fingerprint density at radius 3 is 2.11 bits per heavy atom. The summed E-state index contributed by atoms with van der Waals surface area (Å²) < 4.78 is 24.2. The van der Waals surface area contributed by atoms with E-state index in [4.69, 9.17) is 5.73 Å². The molecule has 0 radical (unpaired) electrons. The van der Waals surface area contributed by atoms with Gasteiger partial charge in [0.15, 0.2) is 0 Å². The lowest BCUT2D eigenvalue weighted by molar-refractivity contribution is -0.000176. The first-order valence-corrected chi connectivity index (χ1v) is 3.03. The molecule has 0 heterocycles. The Morgan fingerprint density at radius 2 is 2.00 bits per heavy atom. The lowest BCUT2D eigenvalue weighted by Crippen LogP contribution is -2.20. The van der Waals surface area contributed by atoms with Gasteiger partial charge in [0, 0.05) is 6.42 Å². The molecule has 0 spiro atoms. The minimum absolute atomic E-state index is 0.0787. The van der Waals surface area contributed by atoms with Gasteiger partial charge in [0.2, 0.25) is 5.92 Å². The highest BCUT2D eigenvalue weighted by atomic mass is 19.3. The van der Waals surface area contributed by atoms with Crippen LogP contribution in [0.15, 0.2) is 0 Å². The van der Waals surface area contributed by atoms with E-state index in [0.29, 0.717) is 6.54 Å². The van der Waals surface area contributed by atoms with Crippen molar-refractivity contribution < 1.29 is 8.78 Å². The first-order valence-electron chi connectivity index (χ1n) is 3.03. The molecule has 1 nitrogen and oxygen atoms in total. The van der Waals surface area contributed by atoms with Crippen LogP contribution >= 0.6 is 0 Å². The largest absolute Gasteiger partial charge is 0.330 e. The maximum absolute atomic E-state index is 12.1. The van der Waals surface area contributed by atoms with Crippen molar-refractivity contribution in [3.8, 4) is 0 Å². The fourth-order valence-electron chi connectivity index (χ4n) is 0.695. The minimum atomic E-state index is -2.56. The third-order valence-corrected chi connectivity index (χ3v) is 1.11. The van der Waals surface area contributed by atoms with Gasteiger partial charge in [0.1, 0.15) is 0 Å². The first-order chi connectivity index (χ1) is 3.95. The summed E-state index contributed by atoms with van der Waals surface area (Å²) in [5.41, 5.74) is 5.15. The third kappa shape index (κ3) is 5.69. The van der Waals surface area contributed by atoms with Crippen molar-refractivity contribution in [3.63, 3.8) is 0 Å². The highest BCUT2D eigenvalue weighted by Crippen LogP contribution is 2.21. The molecule has 0 aliphatic rings. The molecule has 0 fully saturated rings. The van der Waals surface area contributed by atoms with Crippen molar-refractivity contribution in [1.82, 2.24) is 0 Å². The van der Waals surface area contributed by atoms with Gasteiger partial charge >= 0.3 is 0 Å². The number of hydrogen-bond acceptors (Lipinski definition) is 1. The SMILES string of the molecule is C[C@H](CN)CC(C)(F)F. The molecule has 1 atom stereocenters. The molecule has 0 aromatic rings. The van der Waals surface area contributed by atoms with E-state index < -0.39 is 5.92 Å². The molecule has 56 valence electrons. The van der Waals surface area contributed by atoms with Gasteiger partial charge in [-0.25, -0.2) is 8.78 Å². The van der Waals surface area contributed by atoms with Crippen LogP contribution in [0.1, 0.15) is 20.3 Å². The molecule has 0 aliphatic carbocycles. The van der Waals surface area contributed by atoms with Gasteiger partial charge in [-0.2, -0.15) is 0 Å². The Morgan fingerprint density at radius 1 is 1.56 bits per heavy atom. The second-order valence-electron chi connectivity index (χ2n) is 2.62. The molecule has 2 N–H and O–H groups in total. The Balaban J connectivity index is 3.47. The van der Waals surface area contributed by atoms with Gasteiger partial charge in [-0.15, -0.1) is 0 Å². The second kappa shape index (κ2) is 3.11. The number of halogens is 2. The molecule has 0 saturated heterocycles. The molecule has 0 aromatic heterocycles. The number of nitrogens with two attached hydrogens (primary N) is 1. The summed E-state index contributed by atoms with van der Waals surface area (Å²) in [4.78, 5) is 0. The van der Waals surface area contributed by atoms with Gasteiger partial charge in [0.05, 0.1) is 0 Å². The predicted octanol–water partition coefficient (Wildman–Crippen LogP) is 1.63. The second-order valence-corrected chi connectivity index (χ2v) is 2.62. The molecule has 0 aromatic carbocycles. The third-order valence-electron chi connectivity index (χ3n) is 1.11. The summed E-state index contributed by atoms with van der Waals surface area (Å²) >= 11 is 0. The fourth-order valence-corrected chi connectivity index (χ4v) is 0.695. The normalized spacial score (nSPS) is 15.7. The molecule has 3 heteroatoms. The van der Waals surface area contributed by atoms with Crippen LogP contribution in [0.5, 0.6) is 0 Å². The van der Waals surface area contributed by atoms with E-state index in [1.54, 1.807) is 6.92 Å². The lowest BCUT2D eigenvalue weighted by Gasteiger charge is -2.13. The molecular formula is C6H13F2N. The quantitative estimate of drug-likeness (QED) is 0.628. The Labute approximate surface area is 54.2 Å². The highest BCUT2D eigenvalue weighted by Gasteiger charge is 2.23. The van der Waals surface area contributed by atoms with Crippen molar-refractivity contribution in [2.75, 3.05) is 6.54 Å². The van der Waals surface area contributed by atoms with Gasteiger partial charge in [-0.3, -0.25) is 0 Å². The first kappa shape index (κ1) is 8.82. The van der Waals surface area contributed by atoms with E-state index in [1.807, 2.05) is 0 Å². The van der Waals surface area contributed by atoms with Crippen LogP contribution in [0.4, 0.5) is 8.78 Å². The highest BCUT2D eigenvalue weighted by molar-refractivity contribution is 4.63. The molecular weight excluding hydrogens is 124 g/mol. The van der Waals surface area contributed by atoms with Gasteiger partial charge < -0.3 is 5.73 Å². The fraction of sp³-hybridized carbons (Fsp3) is 1.00. The van der Waals surface area contributed by atoms with Crippen LogP contribution in [-0.2, 0) is 0 Å². The molecule has 0 amide bonds. The summed E-state index contributed by atoms with van der Waals surface area (Å²) in [7, 11) is 0. The standard InChI is InChI=1S/C6H13F2N/c1-5(4-9)3-6(2,7)8/h5H,3-4,9H2,1-2H3/t5-/m0/s1. The zero-order valence-electron chi connectivity index (χ0n) is 5.82. The van der Waals surface area contributed by atoms with E-state index in [9.17, 15) is 8.78 Å². The monoisotopic (exact) mass is 137 g/mol. The number of alkyl halides is 2. The molecule has 0 aliphatic heterocycles. The maximum Gasteiger partial charge on any atom is 0.245 e. The van der Waals surface area contributed by atoms with Crippen LogP contribution in [0.3, 0.4) is 0 Å². The summed E-state index contributed by atoms with van der Waals surface area (Å²) in [5, 5.41) is 0. The molecule has 9 heavy (non-hydrogen) atoms. The van der Waals surface area contributed by atoms with E-state index in [2.05, 4.69) is 0 Å². The van der Waals surface area contributed by atoms with E-state index in [0.717, 1.165) is 6.92 Å². The number of hydrogen-bond donors (Lipinski definition) is 1. The maximum atomic E-state index is 12.1. The Hall–Kier alpha value is -0.180. The smallest absolute Gasteiger partial charge is 0.245 e. The Bertz CT molecular complexity index is 77.6. The Kier molecular flexibility index (Phi) is 3.04. The van der Waals surface area contributed by atoms with Crippen molar-refractivity contribution in [2.24, 2.45) is 11.7 Å². The van der Waals surface area contributed by atoms with Crippen LogP contribution in [0.2, 0.25) is 0 Å². The van der Waals surface area contributed by atoms with Crippen LogP contribution in [0.25, 0.3) is 0 Å². The topological polar surface area (TPSA) is 26.0 Å². The van der Waals surface area contributed by atoms with Crippen molar-refractivity contribution in [2.45, 2.75) is 26.2 Å². The zero-order chi connectivity index (χ0) is 7.49. The minimum Gasteiger partial charge on any atom is -0.330 e. The van der Waals surface area contributed by atoms with Gasteiger partial charge in [-0.05, 0) is 19.4 Å². The van der Waals surface area contributed by atoms with Crippen molar-refractivity contribution in [1.29, 1.82) is 0 Å². The predicted molar refractivity (Wildman–Crippen MR) is 33.5 cm³/mol. The van der Waals surface area contributed by atoms with Crippen molar-refractivity contribution >= 4 is 0 Å². The number of rotatable bonds is 3. The van der Waals surface area contributed by atoms with Crippen LogP contribution in [-0.4, -0.2) is 12.5 Å². The zero-order valence-corrected chi connectivity index (χ0v) is 5.82. The average Bonchev–Trinajstić information content (AvgIpc) is 1.62. The summed E-state index contributed by atoms with van der Waals surface area (Å²) in [5.74, 6) is -2.64. The van der Waals surface area contributed by atoms with E-state index in [-0.39, 0.29) is 12.3 Å². The summed E-state index contributed by atoms with van der Waals surface area (Å²) in [6.45, 7) is 2.97. The lowest BCUT2D eigenvalue weighted by atomic mass is 10.0. The van der Waals surface area contributed by atoms with E-state index >= 15 is 0 Å². The molecule has 0 unspecified atom stereocenters. The molecule has 0 saturated carbocycles. The average molecular weight is 137 g/mol. The van der Waals surface area contributed by atoms with E-state index in [1.165, 1.54) is 0 Å². The molecule has 0 rings (SSSR count). The van der Waals surface area contributed by atoms with Crippen molar-refractivity contribution in [3.05, 3.63) is 0 Å². The molecule has 0 bridgehead atoms. The van der Waals surface area contributed by atoms with Crippen LogP contribution < -0.4 is 5.73 Å². The summed E-state index contributed by atoms with van der Waals surface area (Å²) in [6, 6.07) is 0. The van der Waals surface area contributed by atoms with Gasteiger partial charge in [-0.1, -0.05) is 6.92 Å². The van der Waals surface area contributed by atoms with Crippen LogP contribution in [0, 0.1) is 5.92 Å². The van der Waals surface area contributed by atoms with Gasteiger partial charge in [0.25, 0.3) is 0 Å². The summed E-state index contributed by atoms with van der Waals surface area (Å²) in [6.07, 6.45) is -0.108.